The van der Waals surface area contributed by atoms with E-state index in [9.17, 15) is 8.42 Å². The van der Waals surface area contributed by atoms with Crippen molar-refractivity contribution in [3.8, 4) is 0 Å². The van der Waals surface area contributed by atoms with Crippen LogP contribution >= 0.6 is 0 Å². The Bertz CT molecular complexity index is 314. The standard InChI is InChI=1S/C6H7NO2S.K.H/c7-10(8,9)6-4-2-1-3-5-6;;/h1-5H,(H2,7,8,9);;/q;+1;-1. The van der Waals surface area contributed by atoms with Crippen LogP contribution in [0.1, 0.15) is 1.43 Å². The average molecular weight is 197 g/mol. The maximum absolute atomic E-state index is 10.6. The third kappa shape index (κ3) is 3.79. The summed E-state index contributed by atoms with van der Waals surface area (Å²) in [5.41, 5.74) is 0. The third-order valence-electron chi connectivity index (χ3n) is 1.07. The molecule has 0 saturated carbocycles. The Kier molecular flexibility index (Phi) is 5.04. The van der Waals surface area contributed by atoms with Crippen molar-refractivity contribution in [3.63, 3.8) is 0 Å². The van der Waals surface area contributed by atoms with Crippen LogP contribution < -0.4 is 56.5 Å². The molecular formula is C6H8KNO2S. The molecule has 0 heterocycles. The predicted molar refractivity (Wildman–Crippen MR) is 38.9 cm³/mol. The monoisotopic (exact) mass is 197 g/mol. The van der Waals surface area contributed by atoms with Gasteiger partial charge in [-0.3, -0.25) is 0 Å². The molecule has 0 spiro atoms. The number of hydrogen-bond donors (Lipinski definition) is 1. The van der Waals surface area contributed by atoms with Crippen LogP contribution in [0.25, 0.3) is 0 Å². The molecule has 0 amide bonds. The van der Waals surface area contributed by atoms with Gasteiger partial charge < -0.3 is 1.43 Å². The molecule has 1 aromatic rings. The van der Waals surface area contributed by atoms with E-state index in [-0.39, 0.29) is 57.7 Å². The second-order valence-electron chi connectivity index (χ2n) is 1.86. The number of rotatable bonds is 1. The maximum Gasteiger partial charge on any atom is 1.00 e. The molecule has 5 heteroatoms. The smallest absolute Gasteiger partial charge is 1.00 e. The van der Waals surface area contributed by atoms with E-state index in [4.69, 9.17) is 5.14 Å². The number of hydrogen-bond acceptors (Lipinski definition) is 2. The zero-order valence-corrected chi connectivity index (χ0v) is 10.1. The average Bonchev–Trinajstić information content (AvgIpc) is 1.88. The molecule has 11 heavy (non-hydrogen) atoms. The zero-order chi connectivity index (χ0) is 7.61. The summed E-state index contributed by atoms with van der Waals surface area (Å²) in [5.74, 6) is 0. The van der Waals surface area contributed by atoms with E-state index in [1.165, 1.54) is 12.1 Å². The SMILES string of the molecule is NS(=O)(=O)c1ccccc1.[H-].[K+]. The van der Waals surface area contributed by atoms with Gasteiger partial charge in [0.25, 0.3) is 0 Å². The van der Waals surface area contributed by atoms with Gasteiger partial charge >= 0.3 is 51.4 Å². The van der Waals surface area contributed by atoms with Crippen molar-refractivity contribution < 1.29 is 61.2 Å². The zero-order valence-electron chi connectivity index (χ0n) is 7.19. The van der Waals surface area contributed by atoms with Crippen LogP contribution in [0.3, 0.4) is 0 Å². The van der Waals surface area contributed by atoms with Crippen LogP contribution in [0, 0.1) is 0 Å². The molecule has 0 radical (unpaired) electrons. The Morgan fingerprint density at radius 1 is 1.18 bits per heavy atom. The molecule has 1 rings (SSSR count). The quantitative estimate of drug-likeness (QED) is 0.504. The molecule has 0 bridgehead atoms. The Morgan fingerprint density at radius 2 is 1.64 bits per heavy atom. The van der Waals surface area contributed by atoms with Gasteiger partial charge in [-0.05, 0) is 12.1 Å². The van der Waals surface area contributed by atoms with Crippen molar-refractivity contribution in [1.29, 1.82) is 0 Å². The van der Waals surface area contributed by atoms with Gasteiger partial charge in [0.2, 0.25) is 10.0 Å². The van der Waals surface area contributed by atoms with Crippen molar-refractivity contribution in [2.24, 2.45) is 5.14 Å². The molecule has 0 aromatic heterocycles. The van der Waals surface area contributed by atoms with Crippen LogP contribution in [-0.2, 0) is 10.0 Å². The van der Waals surface area contributed by atoms with E-state index in [0.29, 0.717) is 0 Å². The number of sulfonamides is 1. The summed E-state index contributed by atoms with van der Waals surface area (Å²) in [6.45, 7) is 0. The second-order valence-corrected chi connectivity index (χ2v) is 3.42. The fourth-order valence-electron chi connectivity index (χ4n) is 0.610. The van der Waals surface area contributed by atoms with Gasteiger partial charge in [-0.25, -0.2) is 13.6 Å². The van der Waals surface area contributed by atoms with Crippen LogP contribution in [0.15, 0.2) is 35.2 Å². The van der Waals surface area contributed by atoms with Crippen LogP contribution in [0.5, 0.6) is 0 Å². The summed E-state index contributed by atoms with van der Waals surface area (Å²) in [5, 5.41) is 4.83. The Balaban J connectivity index is 0. The summed E-state index contributed by atoms with van der Waals surface area (Å²) in [6.07, 6.45) is 0. The van der Waals surface area contributed by atoms with E-state index < -0.39 is 10.0 Å². The van der Waals surface area contributed by atoms with Gasteiger partial charge in [0, 0.05) is 0 Å². The molecule has 1 aromatic carbocycles. The van der Waals surface area contributed by atoms with E-state index in [2.05, 4.69) is 0 Å². The molecule has 2 N–H and O–H groups in total. The second kappa shape index (κ2) is 4.71. The molecule has 0 aliphatic rings. The van der Waals surface area contributed by atoms with Gasteiger partial charge in [-0.15, -0.1) is 0 Å². The molecule has 0 aliphatic carbocycles. The summed E-state index contributed by atoms with van der Waals surface area (Å²) in [4.78, 5) is 0.148. The fraction of sp³-hybridized carbons (Fsp3) is 0. The largest absolute Gasteiger partial charge is 1.00 e. The van der Waals surface area contributed by atoms with E-state index in [1.54, 1.807) is 18.2 Å². The first-order valence-corrected chi connectivity index (χ1v) is 4.23. The molecular weight excluding hydrogens is 189 g/mol. The topological polar surface area (TPSA) is 60.2 Å². The van der Waals surface area contributed by atoms with Crippen molar-refractivity contribution in [1.82, 2.24) is 0 Å². The first kappa shape index (κ1) is 11.8. The molecule has 0 fully saturated rings. The number of nitrogens with two attached hydrogens (primary N) is 1. The Morgan fingerprint density at radius 3 is 1.91 bits per heavy atom. The van der Waals surface area contributed by atoms with Gasteiger partial charge in [0.15, 0.2) is 0 Å². The van der Waals surface area contributed by atoms with E-state index in [0.717, 1.165) is 0 Å². The van der Waals surface area contributed by atoms with Crippen molar-refractivity contribution in [2.75, 3.05) is 0 Å². The summed E-state index contributed by atoms with van der Waals surface area (Å²) < 4.78 is 21.2. The third-order valence-corrected chi connectivity index (χ3v) is 2.00. The number of primary sulfonamides is 1. The van der Waals surface area contributed by atoms with Gasteiger partial charge in [0.05, 0.1) is 4.90 Å². The van der Waals surface area contributed by atoms with Gasteiger partial charge in [-0.2, -0.15) is 0 Å². The minimum absolute atomic E-state index is 0. The van der Waals surface area contributed by atoms with Gasteiger partial charge in [0.1, 0.15) is 0 Å². The normalized spacial score (nSPS) is 10.3. The Hall–Kier alpha value is 0.766. The minimum atomic E-state index is -3.50. The molecule has 0 unspecified atom stereocenters. The molecule has 56 valence electrons. The molecule has 3 nitrogen and oxygen atoms in total. The first-order valence-electron chi connectivity index (χ1n) is 2.68. The summed E-state index contributed by atoms with van der Waals surface area (Å²) in [7, 11) is -3.50. The molecule has 0 aliphatic heterocycles. The van der Waals surface area contributed by atoms with E-state index >= 15 is 0 Å². The fourth-order valence-corrected chi connectivity index (χ4v) is 1.15. The summed E-state index contributed by atoms with van der Waals surface area (Å²) in [6, 6.07) is 7.89. The molecule has 0 atom stereocenters. The van der Waals surface area contributed by atoms with Crippen molar-refractivity contribution >= 4 is 10.0 Å². The predicted octanol–water partition coefficient (Wildman–Crippen LogP) is -2.55. The van der Waals surface area contributed by atoms with Crippen molar-refractivity contribution in [3.05, 3.63) is 30.3 Å². The Labute approximate surface area is 110 Å². The summed E-state index contributed by atoms with van der Waals surface area (Å²) >= 11 is 0. The first-order chi connectivity index (χ1) is 4.61. The minimum Gasteiger partial charge on any atom is -1.00 e. The van der Waals surface area contributed by atoms with E-state index in [1.807, 2.05) is 0 Å². The van der Waals surface area contributed by atoms with Crippen molar-refractivity contribution in [2.45, 2.75) is 4.90 Å². The van der Waals surface area contributed by atoms with Crippen LogP contribution in [0.2, 0.25) is 0 Å². The number of benzene rings is 1. The maximum atomic E-state index is 10.6. The van der Waals surface area contributed by atoms with Crippen LogP contribution in [-0.4, -0.2) is 8.42 Å². The molecule has 0 saturated heterocycles. The van der Waals surface area contributed by atoms with Crippen LogP contribution in [0.4, 0.5) is 0 Å². The van der Waals surface area contributed by atoms with Gasteiger partial charge in [-0.1, -0.05) is 18.2 Å².